The van der Waals surface area contributed by atoms with E-state index in [-0.39, 0.29) is 0 Å². The predicted molar refractivity (Wildman–Crippen MR) is 79.5 cm³/mol. The average molecular weight is 246 g/mol. The Morgan fingerprint density at radius 1 is 1.11 bits per heavy atom. The van der Waals surface area contributed by atoms with Gasteiger partial charge in [-0.05, 0) is 30.0 Å². The number of hydrogen-bond acceptors (Lipinski definition) is 2. The van der Waals surface area contributed by atoms with Crippen molar-refractivity contribution in [3.63, 3.8) is 0 Å². The van der Waals surface area contributed by atoms with Gasteiger partial charge in [0.1, 0.15) is 0 Å². The summed E-state index contributed by atoms with van der Waals surface area (Å²) in [5.74, 6) is 0. The van der Waals surface area contributed by atoms with Crippen LogP contribution in [0.4, 0.5) is 5.69 Å². The van der Waals surface area contributed by atoms with Gasteiger partial charge in [-0.2, -0.15) is 0 Å². The molecular formula is C17H14N2. The highest BCUT2D eigenvalue weighted by atomic mass is 15.1. The van der Waals surface area contributed by atoms with Gasteiger partial charge in [0.2, 0.25) is 0 Å². The highest BCUT2D eigenvalue weighted by molar-refractivity contribution is 6.33. The van der Waals surface area contributed by atoms with Gasteiger partial charge in [-0.3, -0.25) is 0 Å². The first-order chi connectivity index (χ1) is 9.40. The van der Waals surface area contributed by atoms with Crippen molar-refractivity contribution in [1.29, 1.82) is 0 Å². The molecule has 0 saturated heterocycles. The number of nitrogens with zero attached hydrogens (tertiary/aromatic N) is 2. The first kappa shape index (κ1) is 10.6. The molecule has 0 amide bonds. The third kappa shape index (κ3) is 1.76. The third-order valence-corrected chi connectivity index (χ3v) is 3.69. The molecule has 0 aliphatic carbocycles. The van der Waals surface area contributed by atoms with Gasteiger partial charge in [-0.15, -0.1) is 0 Å². The summed E-state index contributed by atoms with van der Waals surface area (Å²) in [5.41, 5.74) is 6.00. The zero-order chi connectivity index (χ0) is 12.7. The van der Waals surface area contributed by atoms with Gasteiger partial charge in [0.15, 0.2) is 0 Å². The van der Waals surface area contributed by atoms with E-state index in [1.54, 1.807) is 0 Å². The van der Waals surface area contributed by atoms with Crippen molar-refractivity contribution >= 4 is 17.0 Å². The standard InChI is InChI=1S/C17H14N2/c1-2-6-16-14(5-1)15-9-11-19-10-3-4-13(12-19)7-8-17(15)18-16/h1-10H,11-12H2/b8-7-,15-9-. The first-order valence-corrected chi connectivity index (χ1v) is 6.58. The maximum absolute atomic E-state index is 4.73. The second kappa shape index (κ2) is 4.09. The Hall–Kier alpha value is -2.35. The van der Waals surface area contributed by atoms with Gasteiger partial charge in [0.05, 0.1) is 11.4 Å². The zero-order valence-corrected chi connectivity index (χ0v) is 10.6. The van der Waals surface area contributed by atoms with Crippen molar-refractivity contribution in [2.75, 3.05) is 13.1 Å². The van der Waals surface area contributed by atoms with E-state index in [1.165, 1.54) is 16.7 Å². The van der Waals surface area contributed by atoms with Gasteiger partial charge in [-0.25, -0.2) is 4.99 Å². The van der Waals surface area contributed by atoms with Crippen molar-refractivity contribution in [3.05, 3.63) is 72.0 Å². The summed E-state index contributed by atoms with van der Waals surface area (Å²) in [4.78, 5) is 7.04. The van der Waals surface area contributed by atoms with Crippen LogP contribution in [0.15, 0.2) is 71.4 Å². The Kier molecular flexibility index (Phi) is 2.27. The van der Waals surface area contributed by atoms with Crippen molar-refractivity contribution in [2.45, 2.75) is 0 Å². The minimum atomic E-state index is 0.929. The van der Waals surface area contributed by atoms with E-state index in [2.05, 4.69) is 59.7 Å². The molecule has 0 atom stereocenters. The summed E-state index contributed by atoms with van der Waals surface area (Å²) in [7, 11) is 0. The molecule has 0 N–H and O–H groups in total. The first-order valence-electron chi connectivity index (χ1n) is 6.58. The van der Waals surface area contributed by atoms with Crippen LogP contribution in [-0.2, 0) is 0 Å². The van der Waals surface area contributed by atoms with Gasteiger partial charge in [0, 0.05) is 24.2 Å². The van der Waals surface area contributed by atoms with E-state index in [0.717, 1.165) is 24.5 Å². The molecule has 0 saturated carbocycles. The number of allylic oxidation sites excluding steroid dienone is 4. The lowest BCUT2D eigenvalue weighted by Crippen LogP contribution is -2.21. The summed E-state index contributed by atoms with van der Waals surface area (Å²) < 4.78 is 0. The van der Waals surface area contributed by atoms with Crippen molar-refractivity contribution in [2.24, 2.45) is 4.99 Å². The molecule has 3 heterocycles. The summed E-state index contributed by atoms with van der Waals surface area (Å²) in [5, 5.41) is 0. The molecule has 0 radical (unpaired) electrons. The van der Waals surface area contributed by atoms with Crippen LogP contribution in [0, 0.1) is 0 Å². The van der Waals surface area contributed by atoms with E-state index >= 15 is 0 Å². The maximum Gasteiger partial charge on any atom is 0.0716 e. The summed E-state index contributed by atoms with van der Waals surface area (Å²) >= 11 is 0. The van der Waals surface area contributed by atoms with E-state index in [1.807, 2.05) is 6.07 Å². The predicted octanol–water partition coefficient (Wildman–Crippen LogP) is 3.48. The molecule has 2 bridgehead atoms. The number of hydrogen-bond donors (Lipinski definition) is 0. The van der Waals surface area contributed by atoms with E-state index in [0.29, 0.717) is 0 Å². The van der Waals surface area contributed by atoms with Gasteiger partial charge in [-0.1, -0.05) is 36.4 Å². The van der Waals surface area contributed by atoms with Crippen LogP contribution in [0.5, 0.6) is 0 Å². The highest BCUT2D eigenvalue weighted by Gasteiger charge is 2.19. The van der Waals surface area contributed by atoms with E-state index < -0.39 is 0 Å². The Bertz CT molecular complexity index is 687. The molecule has 1 aromatic carbocycles. The number of fused-ring (bicyclic) bond motifs is 5. The number of para-hydroxylation sites is 1. The summed E-state index contributed by atoms with van der Waals surface area (Å²) in [6, 6.07) is 8.35. The normalized spacial score (nSPS) is 24.0. The molecule has 1 aromatic rings. The van der Waals surface area contributed by atoms with Crippen LogP contribution >= 0.6 is 0 Å². The second-order valence-electron chi connectivity index (χ2n) is 4.98. The molecule has 0 spiro atoms. The van der Waals surface area contributed by atoms with Crippen molar-refractivity contribution < 1.29 is 0 Å². The van der Waals surface area contributed by atoms with E-state index in [4.69, 9.17) is 4.99 Å². The molecule has 0 unspecified atom stereocenters. The topological polar surface area (TPSA) is 15.6 Å². The zero-order valence-electron chi connectivity index (χ0n) is 10.6. The molecule has 19 heavy (non-hydrogen) atoms. The number of rotatable bonds is 0. The highest BCUT2D eigenvalue weighted by Crippen LogP contribution is 2.35. The fourth-order valence-corrected chi connectivity index (χ4v) is 2.72. The maximum atomic E-state index is 4.73. The van der Waals surface area contributed by atoms with Crippen molar-refractivity contribution in [3.8, 4) is 0 Å². The van der Waals surface area contributed by atoms with E-state index in [9.17, 15) is 0 Å². The summed E-state index contributed by atoms with van der Waals surface area (Å²) in [6.07, 6.45) is 13.0. The lowest BCUT2D eigenvalue weighted by molar-refractivity contribution is 0.450. The van der Waals surface area contributed by atoms with Gasteiger partial charge >= 0.3 is 0 Å². The summed E-state index contributed by atoms with van der Waals surface area (Å²) in [6.45, 7) is 1.91. The minimum Gasteiger partial charge on any atom is -0.369 e. The Labute approximate surface area is 112 Å². The average Bonchev–Trinajstić information content (AvgIpc) is 2.82. The molecule has 2 nitrogen and oxygen atoms in total. The second-order valence-corrected chi connectivity index (χ2v) is 4.98. The van der Waals surface area contributed by atoms with Crippen LogP contribution in [-0.4, -0.2) is 23.7 Å². The van der Waals surface area contributed by atoms with Crippen LogP contribution in [0.25, 0.3) is 5.57 Å². The monoisotopic (exact) mass is 246 g/mol. The molecule has 3 aliphatic rings. The quantitative estimate of drug-likeness (QED) is 0.684. The van der Waals surface area contributed by atoms with Crippen LogP contribution in [0.3, 0.4) is 0 Å². The van der Waals surface area contributed by atoms with Gasteiger partial charge in [0.25, 0.3) is 0 Å². The lowest BCUT2D eigenvalue weighted by Gasteiger charge is -2.21. The molecular weight excluding hydrogens is 232 g/mol. The molecule has 4 rings (SSSR count). The molecule has 2 heteroatoms. The van der Waals surface area contributed by atoms with Gasteiger partial charge < -0.3 is 4.90 Å². The Morgan fingerprint density at radius 3 is 3.05 bits per heavy atom. The van der Waals surface area contributed by atoms with Crippen LogP contribution in [0.1, 0.15) is 5.56 Å². The van der Waals surface area contributed by atoms with Crippen LogP contribution < -0.4 is 0 Å². The smallest absolute Gasteiger partial charge is 0.0716 e. The molecule has 0 aromatic heterocycles. The minimum absolute atomic E-state index is 0.929. The number of aliphatic imine (C=N–C) groups is 1. The number of benzene rings is 1. The molecule has 92 valence electrons. The third-order valence-electron chi connectivity index (χ3n) is 3.69. The fraction of sp³-hybridized carbons (Fsp3) is 0.118. The molecule has 3 aliphatic heterocycles. The largest absolute Gasteiger partial charge is 0.369 e. The Morgan fingerprint density at radius 2 is 2.05 bits per heavy atom. The van der Waals surface area contributed by atoms with Crippen molar-refractivity contribution in [1.82, 2.24) is 4.90 Å². The molecule has 0 fully saturated rings. The fourth-order valence-electron chi connectivity index (χ4n) is 2.72. The SMILES string of the molecule is C1=CN2C/C=C3\C(=Nc4ccccc43)/C=C\C(=C1)C2. The van der Waals surface area contributed by atoms with Crippen LogP contribution in [0.2, 0.25) is 0 Å². The lowest BCUT2D eigenvalue weighted by atomic mass is 10.0. The Balaban J connectivity index is 1.84.